The Morgan fingerprint density at radius 1 is 1.50 bits per heavy atom. The minimum absolute atomic E-state index is 0.388. The number of carbonyl (C=O) groups excluding carboxylic acids is 1. The molecule has 0 amide bonds. The lowest BCUT2D eigenvalue weighted by molar-refractivity contribution is -0.0203. The van der Waals surface area contributed by atoms with Crippen LogP contribution in [-0.4, -0.2) is 18.5 Å². The first kappa shape index (κ1) is 11.2. The maximum Gasteiger partial charge on any atom is 0.510 e. The predicted molar refractivity (Wildman–Crippen MR) is 44.5 cm³/mol. The van der Waals surface area contributed by atoms with Crippen molar-refractivity contribution in [1.29, 1.82) is 0 Å². The van der Waals surface area contributed by atoms with Crippen molar-refractivity contribution in [3.63, 3.8) is 0 Å². The van der Waals surface area contributed by atoms with Gasteiger partial charge in [0.25, 0.3) is 0 Å². The lowest BCUT2D eigenvalue weighted by Gasteiger charge is -2.23. The fourth-order valence-corrected chi connectivity index (χ4v) is 0.967. The number of carbonyl (C=O) groups is 1. The molecule has 0 aliphatic heterocycles. The third-order valence-electron chi connectivity index (χ3n) is 1.40. The van der Waals surface area contributed by atoms with Crippen LogP contribution >= 0.6 is 0 Å². The molecule has 0 aliphatic rings. The SMILES string of the molecule is CCCC(C)(C)OC(=O)OC[NH]. The average molecular weight is 174 g/mol. The first-order chi connectivity index (χ1) is 5.52. The van der Waals surface area contributed by atoms with E-state index in [4.69, 9.17) is 10.5 Å². The molecule has 71 valence electrons. The fourth-order valence-electron chi connectivity index (χ4n) is 0.967. The van der Waals surface area contributed by atoms with E-state index in [2.05, 4.69) is 4.74 Å². The highest BCUT2D eigenvalue weighted by Gasteiger charge is 2.22. The Bertz CT molecular complexity index is 145. The lowest BCUT2D eigenvalue weighted by Crippen LogP contribution is -2.28. The van der Waals surface area contributed by atoms with Crippen molar-refractivity contribution in [3.05, 3.63) is 0 Å². The normalized spacial score (nSPS) is 11.0. The minimum Gasteiger partial charge on any atom is -0.428 e. The zero-order chi connectivity index (χ0) is 9.61. The van der Waals surface area contributed by atoms with Crippen molar-refractivity contribution >= 4 is 6.16 Å². The zero-order valence-electron chi connectivity index (χ0n) is 7.85. The van der Waals surface area contributed by atoms with Crippen molar-refractivity contribution in [1.82, 2.24) is 5.73 Å². The van der Waals surface area contributed by atoms with E-state index in [-0.39, 0.29) is 6.73 Å². The van der Waals surface area contributed by atoms with Gasteiger partial charge in [0, 0.05) is 0 Å². The molecule has 0 heterocycles. The van der Waals surface area contributed by atoms with Crippen molar-refractivity contribution in [2.24, 2.45) is 0 Å². The molecule has 0 bridgehead atoms. The molecule has 4 nitrogen and oxygen atoms in total. The highest BCUT2D eigenvalue weighted by Crippen LogP contribution is 2.16. The molecular formula is C8H16NO3. The summed E-state index contributed by atoms with van der Waals surface area (Å²) in [7, 11) is 0. The highest BCUT2D eigenvalue weighted by atomic mass is 16.7. The van der Waals surface area contributed by atoms with E-state index in [9.17, 15) is 4.79 Å². The van der Waals surface area contributed by atoms with Crippen molar-refractivity contribution in [2.45, 2.75) is 39.2 Å². The fraction of sp³-hybridized carbons (Fsp3) is 0.875. The van der Waals surface area contributed by atoms with Crippen LogP contribution in [-0.2, 0) is 9.47 Å². The second-order valence-corrected chi connectivity index (χ2v) is 3.15. The van der Waals surface area contributed by atoms with Crippen molar-refractivity contribution < 1.29 is 14.3 Å². The summed E-state index contributed by atoms with van der Waals surface area (Å²) in [6.07, 6.45) is 0.977. The quantitative estimate of drug-likeness (QED) is 0.612. The topological polar surface area (TPSA) is 59.3 Å². The smallest absolute Gasteiger partial charge is 0.428 e. The second-order valence-electron chi connectivity index (χ2n) is 3.15. The van der Waals surface area contributed by atoms with Crippen LogP contribution in [0.2, 0.25) is 0 Å². The van der Waals surface area contributed by atoms with Gasteiger partial charge in [-0.25, -0.2) is 10.5 Å². The molecule has 0 unspecified atom stereocenters. The van der Waals surface area contributed by atoms with Crippen LogP contribution in [0.3, 0.4) is 0 Å². The third kappa shape index (κ3) is 4.96. The van der Waals surface area contributed by atoms with Gasteiger partial charge in [0.05, 0.1) is 0 Å². The van der Waals surface area contributed by atoms with Gasteiger partial charge in [0.15, 0.2) is 6.73 Å². The Labute approximate surface area is 73.0 Å². The Morgan fingerprint density at radius 3 is 2.50 bits per heavy atom. The molecule has 0 saturated carbocycles. The minimum atomic E-state index is -0.761. The van der Waals surface area contributed by atoms with Crippen LogP contribution in [0.25, 0.3) is 0 Å². The van der Waals surface area contributed by atoms with E-state index in [0.29, 0.717) is 0 Å². The molecule has 0 aromatic rings. The summed E-state index contributed by atoms with van der Waals surface area (Å²) in [6.45, 7) is 5.27. The van der Waals surface area contributed by atoms with Gasteiger partial charge in [-0.2, -0.15) is 0 Å². The average Bonchev–Trinajstić information content (AvgIpc) is 1.85. The summed E-state index contributed by atoms with van der Waals surface area (Å²) >= 11 is 0. The van der Waals surface area contributed by atoms with Crippen LogP contribution in [0, 0.1) is 0 Å². The van der Waals surface area contributed by atoms with Crippen LogP contribution < -0.4 is 5.73 Å². The molecule has 0 fully saturated rings. The number of ether oxygens (including phenoxy) is 2. The Hall–Kier alpha value is -0.770. The number of nitrogens with one attached hydrogen (secondary N) is 1. The summed E-state index contributed by atoms with van der Waals surface area (Å²) in [5.74, 6) is 0. The van der Waals surface area contributed by atoms with Gasteiger partial charge in [-0.15, -0.1) is 0 Å². The first-order valence-electron chi connectivity index (χ1n) is 4.02. The summed E-state index contributed by atoms with van der Waals surface area (Å²) in [5.41, 5.74) is 6.13. The Balaban J connectivity index is 3.79. The molecule has 1 N–H and O–H groups in total. The van der Waals surface area contributed by atoms with Gasteiger partial charge < -0.3 is 9.47 Å². The van der Waals surface area contributed by atoms with E-state index >= 15 is 0 Å². The monoisotopic (exact) mass is 174 g/mol. The summed E-state index contributed by atoms with van der Waals surface area (Å²) in [4.78, 5) is 10.8. The molecular weight excluding hydrogens is 158 g/mol. The summed E-state index contributed by atoms with van der Waals surface area (Å²) < 4.78 is 9.27. The van der Waals surface area contributed by atoms with E-state index in [1.165, 1.54) is 0 Å². The van der Waals surface area contributed by atoms with E-state index in [1.54, 1.807) is 0 Å². The lowest BCUT2D eigenvalue weighted by atomic mass is 10.0. The maximum atomic E-state index is 10.8. The molecule has 0 aliphatic carbocycles. The van der Waals surface area contributed by atoms with Crippen molar-refractivity contribution in [2.75, 3.05) is 6.73 Å². The van der Waals surface area contributed by atoms with Crippen LogP contribution in [0.15, 0.2) is 0 Å². The molecule has 0 aromatic heterocycles. The standard InChI is InChI=1S/C8H16NO3/c1-4-5-8(2,3)12-7(10)11-6-9/h9H,4-6H2,1-3H3. The Kier molecular flexibility index (Phi) is 4.66. The van der Waals surface area contributed by atoms with Gasteiger partial charge in [0.2, 0.25) is 0 Å². The number of hydrogen-bond donors (Lipinski definition) is 0. The van der Waals surface area contributed by atoms with Gasteiger partial charge in [-0.05, 0) is 20.3 Å². The third-order valence-corrected chi connectivity index (χ3v) is 1.40. The molecule has 0 rings (SSSR count). The largest absolute Gasteiger partial charge is 0.510 e. The molecule has 4 heteroatoms. The van der Waals surface area contributed by atoms with Crippen LogP contribution in [0.1, 0.15) is 33.6 Å². The van der Waals surface area contributed by atoms with E-state index in [0.717, 1.165) is 12.8 Å². The maximum absolute atomic E-state index is 10.8. The Morgan fingerprint density at radius 2 is 2.08 bits per heavy atom. The van der Waals surface area contributed by atoms with Gasteiger partial charge in [-0.1, -0.05) is 13.3 Å². The van der Waals surface area contributed by atoms with Gasteiger partial charge in [-0.3, -0.25) is 0 Å². The summed E-state index contributed by atoms with van der Waals surface area (Å²) in [6, 6.07) is 0. The molecule has 1 radical (unpaired) electrons. The predicted octanol–water partition coefficient (Wildman–Crippen LogP) is 1.96. The zero-order valence-corrected chi connectivity index (χ0v) is 7.85. The molecule has 0 saturated heterocycles. The molecule has 0 aromatic carbocycles. The number of rotatable bonds is 4. The van der Waals surface area contributed by atoms with Crippen LogP contribution in [0.4, 0.5) is 4.79 Å². The van der Waals surface area contributed by atoms with Crippen LogP contribution in [0.5, 0.6) is 0 Å². The van der Waals surface area contributed by atoms with E-state index < -0.39 is 11.8 Å². The highest BCUT2D eigenvalue weighted by molar-refractivity contribution is 5.60. The van der Waals surface area contributed by atoms with Gasteiger partial charge >= 0.3 is 6.16 Å². The molecule has 12 heavy (non-hydrogen) atoms. The molecule has 0 atom stereocenters. The summed E-state index contributed by atoms with van der Waals surface area (Å²) in [5, 5.41) is 0. The second kappa shape index (κ2) is 4.98. The van der Waals surface area contributed by atoms with Crippen molar-refractivity contribution in [3.8, 4) is 0 Å². The van der Waals surface area contributed by atoms with E-state index in [1.807, 2.05) is 20.8 Å². The molecule has 0 spiro atoms. The van der Waals surface area contributed by atoms with Gasteiger partial charge in [0.1, 0.15) is 5.60 Å². The first-order valence-corrected chi connectivity index (χ1v) is 4.02. The number of hydrogen-bond acceptors (Lipinski definition) is 3.